The standard InChI is InChI=1S/C18H18F4N.Ir/c1-2-3-4-5-6-7-12-8-9-23-15(10-12)13-11-14(19)17(21)18(22)16(13)20;/h8-10H,2-7H2,1H3;/q-1;. The molecule has 0 atom stereocenters. The maximum atomic E-state index is 13.8. The van der Waals surface area contributed by atoms with Gasteiger partial charge in [0.1, 0.15) is 11.6 Å². The average Bonchev–Trinajstić information content (AvgIpc) is 2.56. The third-order valence-electron chi connectivity index (χ3n) is 3.68. The second-order valence-electron chi connectivity index (χ2n) is 5.47. The number of hydrogen-bond donors (Lipinski definition) is 0. The minimum Gasteiger partial charge on any atom is -0.305 e. The summed E-state index contributed by atoms with van der Waals surface area (Å²) in [6, 6.07) is 5.23. The van der Waals surface area contributed by atoms with Crippen molar-refractivity contribution in [2.24, 2.45) is 0 Å². The summed E-state index contributed by atoms with van der Waals surface area (Å²) < 4.78 is 53.4. The monoisotopic (exact) mass is 517 g/mol. The fourth-order valence-electron chi connectivity index (χ4n) is 2.40. The van der Waals surface area contributed by atoms with Crippen LogP contribution in [-0.2, 0) is 26.5 Å². The number of unbranched alkanes of at least 4 members (excludes halogenated alkanes) is 4. The quantitative estimate of drug-likeness (QED) is 0.153. The van der Waals surface area contributed by atoms with Crippen LogP contribution in [0.3, 0.4) is 0 Å². The summed E-state index contributed by atoms with van der Waals surface area (Å²) in [6.45, 7) is 2.14. The molecule has 2 rings (SSSR count). The predicted octanol–water partition coefficient (Wildman–Crippen LogP) is 5.62. The number of hydrogen-bond acceptors (Lipinski definition) is 1. The number of nitrogens with zero attached hydrogens (tertiary/aromatic N) is 1. The molecule has 1 aromatic carbocycles. The van der Waals surface area contributed by atoms with Gasteiger partial charge in [0, 0.05) is 26.3 Å². The van der Waals surface area contributed by atoms with Crippen LogP contribution in [0.2, 0.25) is 0 Å². The first kappa shape index (κ1) is 20.8. The van der Waals surface area contributed by atoms with Gasteiger partial charge in [0.05, 0.1) is 11.6 Å². The second kappa shape index (κ2) is 9.90. The Morgan fingerprint density at radius 1 is 0.958 bits per heavy atom. The molecule has 0 unspecified atom stereocenters. The Balaban J connectivity index is 0.00000288. The summed E-state index contributed by atoms with van der Waals surface area (Å²) in [7, 11) is 0. The van der Waals surface area contributed by atoms with Crippen LogP contribution < -0.4 is 0 Å². The Morgan fingerprint density at radius 2 is 1.67 bits per heavy atom. The van der Waals surface area contributed by atoms with Gasteiger partial charge in [-0.25, -0.2) is 8.78 Å². The Morgan fingerprint density at radius 3 is 2.38 bits per heavy atom. The van der Waals surface area contributed by atoms with E-state index in [1.165, 1.54) is 12.6 Å². The molecular formula is C18H18F4IrN-. The number of benzene rings is 1. The Hall–Kier alpha value is -1.26. The fourth-order valence-corrected chi connectivity index (χ4v) is 2.40. The zero-order valence-electron chi connectivity index (χ0n) is 13.3. The van der Waals surface area contributed by atoms with E-state index >= 15 is 0 Å². The van der Waals surface area contributed by atoms with Crippen molar-refractivity contribution >= 4 is 0 Å². The molecule has 133 valence electrons. The summed E-state index contributed by atoms with van der Waals surface area (Å²) in [5.74, 6) is -6.73. The molecule has 1 heterocycles. The maximum absolute atomic E-state index is 13.8. The predicted molar refractivity (Wildman–Crippen MR) is 80.8 cm³/mol. The molecule has 1 aromatic heterocycles. The normalized spacial score (nSPS) is 10.5. The molecule has 1 nitrogen and oxygen atoms in total. The second-order valence-corrected chi connectivity index (χ2v) is 5.47. The number of aromatic nitrogens is 1. The van der Waals surface area contributed by atoms with E-state index in [9.17, 15) is 17.6 Å². The molecule has 0 aliphatic carbocycles. The van der Waals surface area contributed by atoms with Crippen molar-refractivity contribution in [2.45, 2.75) is 45.4 Å². The van der Waals surface area contributed by atoms with E-state index in [0.29, 0.717) is 0 Å². The Kier molecular flexibility index (Phi) is 8.57. The number of pyridine rings is 1. The zero-order valence-corrected chi connectivity index (χ0v) is 15.7. The molecule has 0 N–H and O–H groups in total. The van der Waals surface area contributed by atoms with Gasteiger partial charge in [0.25, 0.3) is 0 Å². The van der Waals surface area contributed by atoms with Crippen molar-refractivity contribution in [3.05, 3.63) is 53.2 Å². The van der Waals surface area contributed by atoms with E-state index in [4.69, 9.17) is 0 Å². The van der Waals surface area contributed by atoms with Gasteiger partial charge in [-0.15, -0.1) is 0 Å². The molecule has 6 heteroatoms. The molecule has 0 saturated heterocycles. The Labute approximate surface area is 152 Å². The summed E-state index contributed by atoms with van der Waals surface area (Å²) >= 11 is 0. The molecule has 0 fully saturated rings. The smallest absolute Gasteiger partial charge is 0.114 e. The van der Waals surface area contributed by atoms with Gasteiger partial charge in [0.2, 0.25) is 0 Å². The van der Waals surface area contributed by atoms with Crippen LogP contribution in [0.25, 0.3) is 11.3 Å². The molecule has 0 spiro atoms. The third kappa shape index (κ3) is 5.12. The molecule has 24 heavy (non-hydrogen) atoms. The van der Waals surface area contributed by atoms with Gasteiger partial charge in [-0.2, -0.15) is 0 Å². The van der Waals surface area contributed by atoms with Crippen LogP contribution >= 0.6 is 0 Å². The molecule has 0 aliphatic heterocycles. The summed E-state index contributed by atoms with van der Waals surface area (Å²) in [5, 5.41) is 0. The van der Waals surface area contributed by atoms with Crippen LogP contribution in [0, 0.1) is 29.3 Å². The minimum absolute atomic E-state index is 0. The molecule has 0 bridgehead atoms. The van der Waals surface area contributed by atoms with E-state index in [2.05, 4.69) is 11.9 Å². The first-order chi connectivity index (χ1) is 11.0. The topological polar surface area (TPSA) is 12.9 Å². The van der Waals surface area contributed by atoms with Gasteiger partial charge in [0.15, 0.2) is 0 Å². The number of aryl methyl sites for hydroxylation is 1. The van der Waals surface area contributed by atoms with E-state index in [1.807, 2.05) is 6.07 Å². The van der Waals surface area contributed by atoms with Crippen molar-refractivity contribution in [2.75, 3.05) is 0 Å². The number of rotatable bonds is 7. The van der Waals surface area contributed by atoms with Crippen molar-refractivity contribution < 1.29 is 37.7 Å². The summed E-state index contributed by atoms with van der Waals surface area (Å²) in [4.78, 5) is 3.91. The maximum Gasteiger partial charge on any atom is 0.114 e. The SMILES string of the molecule is CCCCCCCc1ccnc(-c2[c-]c(F)c(F)c(F)c2F)c1.[Ir]. The van der Waals surface area contributed by atoms with Crippen molar-refractivity contribution in [3.63, 3.8) is 0 Å². The van der Waals surface area contributed by atoms with Crippen LogP contribution in [0.5, 0.6) is 0 Å². The van der Waals surface area contributed by atoms with Gasteiger partial charge in [-0.05, 0) is 24.6 Å². The fraction of sp³-hybridized carbons (Fsp3) is 0.389. The molecule has 2 aromatic rings. The minimum atomic E-state index is -1.86. The first-order valence-corrected chi connectivity index (χ1v) is 7.75. The van der Waals surface area contributed by atoms with E-state index < -0.39 is 28.8 Å². The van der Waals surface area contributed by atoms with E-state index in [0.717, 1.165) is 37.7 Å². The molecular weight excluding hydrogens is 498 g/mol. The van der Waals surface area contributed by atoms with Crippen LogP contribution in [-0.4, -0.2) is 4.98 Å². The van der Waals surface area contributed by atoms with Crippen LogP contribution in [0.4, 0.5) is 17.6 Å². The van der Waals surface area contributed by atoms with E-state index in [-0.39, 0.29) is 25.8 Å². The van der Waals surface area contributed by atoms with Crippen molar-refractivity contribution in [1.29, 1.82) is 0 Å². The largest absolute Gasteiger partial charge is 0.305 e. The third-order valence-corrected chi connectivity index (χ3v) is 3.68. The van der Waals surface area contributed by atoms with Gasteiger partial charge in [-0.3, -0.25) is 8.78 Å². The van der Waals surface area contributed by atoms with Crippen LogP contribution in [0.1, 0.15) is 44.6 Å². The van der Waals surface area contributed by atoms with Crippen LogP contribution in [0.15, 0.2) is 18.3 Å². The van der Waals surface area contributed by atoms with Gasteiger partial charge < -0.3 is 4.98 Å². The van der Waals surface area contributed by atoms with Gasteiger partial charge in [-0.1, -0.05) is 55.9 Å². The molecule has 1 radical (unpaired) electrons. The van der Waals surface area contributed by atoms with Gasteiger partial charge >= 0.3 is 0 Å². The van der Waals surface area contributed by atoms with E-state index in [1.54, 1.807) is 12.1 Å². The molecule has 0 saturated carbocycles. The zero-order chi connectivity index (χ0) is 16.8. The summed E-state index contributed by atoms with van der Waals surface area (Å²) in [5.41, 5.74) is 0.449. The molecule has 0 aliphatic rings. The first-order valence-electron chi connectivity index (χ1n) is 7.75. The van der Waals surface area contributed by atoms with Crippen molar-refractivity contribution in [1.82, 2.24) is 4.98 Å². The number of halogens is 4. The Bertz CT molecular complexity index is 676. The molecule has 0 amide bonds. The average molecular weight is 517 g/mol. The summed E-state index contributed by atoms with van der Waals surface area (Å²) in [6.07, 6.45) is 7.79. The van der Waals surface area contributed by atoms with Crippen molar-refractivity contribution in [3.8, 4) is 11.3 Å².